The minimum Gasteiger partial charge on any atom is -0.372 e. The molecule has 3 nitrogen and oxygen atoms in total. The minimum absolute atomic E-state index is 0.0579. The van der Waals surface area contributed by atoms with E-state index >= 15 is 0 Å². The lowest BCUT2D eigenvalue weighted by Crippen LogP contribution is -2.21. The van der Waals surface area contributed by atoms with Gasteiger partial charge in [-0.15, -0.1) is 11.3 Å². The molecule has 1 aromatic carbocycles. The quantitative estimate of drug-likeness (QED) is 0.640. The van der Waals surface area contributed by atoms with Crippen LogP contribution in [-0.2, 0) is 0 Å². The second-order valence-corrected chi connectivity index (χ2v) is 5.54. The Morgan fingerprint density at radius 2 is 2.00 bits per heavy atom. The van der Waals surface area contributed by atoms with Crippen molar-refractivity contribution in [2.24, 2.45) is 0 Å². The van der Waals surface area contributed by atoms with Gasteiger partial charge < -0.3 is 4.90 Å². The number of aromatic nitrogens is 1. The zero-order chi connectivity index (χ0) is 13.6. The summed E-state index contributed by atoms with van der Waals surface area (Å²) in [5.41, 5.74) is 0.736. The molecule has 96 valence electrons. The molecule has 0 saturated heterocycles. The lowest BCUT2D eigenvalue weighted by Gasteiger charge is -2.15. The van der Waals surface area contributed by atoms with Crippen molar-refractivity contribution in [1.29, 1.82) is 0 Å². The zero-order valence-corrected chi connectivity index (χ0v) is 11.3. The Morgan fingerprint density at radius 3 is 2.74 bits per heavy atom. The Balaban J connectivity index is 2.46. The summed E-state index contributed by atoms with van der Waals surface area (Å²) in [5.74, 6) is -0.547. The summed E-state index contributed by atoms with van der Waals surface area (Å²) in [6, 6.07) is 8.97. The van der Waals surface area contributed by atoms with E-state index in [4.69, 9.17) is 0 Å². The van der Waals surface area contributed by atoms with Crippen LogP contribution in [0.5, 0.6) is 0 Å². The molecule has 1 aromatic rings. The molecular formula is C14H11FN2OS. The first-order chi connectivity index (χ1) is 9.08. The van der Waals surface area contributed by atoms with E-state index in [9.17, 15) is 9.18 Å². The summed E-state index contributed by atoms with van der Waals surface area (Å²) in [5, 5.41) is 0. The topological polar surface area (TPSA) is 33.2 Å². The predicted molar refractivity (Wildman–Crippen MR) is 76.8 cm³/mol. The molecular weight excluding hydrogens is 263 g/mol. The summed E-state index contributed by atoms with van der Waals surface area (Å²) in [7, 11) is 3.30. The summed E-state index contributed by atoms with van der Waals surface area (Å²) < 4.78 is 15.3. The Morgan fingerprint density at radius 1 is 1.26 bits per heavy atom. The normalized spacial score (nSPS) is 11.1. The average Bonchev–Trinajstić information content (AvgIpc) is 2.36. The van der Waals surface area contributed by atoms with E-state index in [-0.39, 0.29) is 16.8 Å². The standard InChI is InChI=1S/C14H11FN2OS/c1-17(2)14-9(18)7-11-13(12(14)15)16-8-5-3-4-6-10(8)19-11/h3-7H,1-2H3. The number of benzene rings is 2. The molecule has 0 atom stereocenters. The summed E-state index contributed by atoms with van der Waals surface area (Å²) in [6.07, 6.45) is 0. The van der Waals surface area contributed by atoms with Crippen LogP contribution < -0.4 is 10.3 Å². The number of hydrogen-bond donors (Lipinski definition) is 0. The Labute approximate surface area is 113 Å². The van der Waals surface area contributed by atoms with Gasteiger partial charge in [0.05, 0.1) is 15.1 Å². The number of halogens is 1. The fourth-order valence-corrected chi connectivity index (χ4v) is 3.06. The molecule has 1 aliphatic carbocycles. The second-order valence-electron chi connectivity index (χ2n) is 4.46. The maximum atomic E-state index is 14.4. The van der Waals surface area contributed by atoms with Crippen molar-refractivity contribution in [2.45, 2.75) is 0 Å². The highest BCUT2D eigenvalue weighted by Crippen LogP contribution is 2.33. The minimum atomic E-state index is -0.547. The van der Waals surface area contributed by atoms with Crippen molar-refractivity contribution >= 4 is 27.2 Å². The maximum absolute atomic E-state index is 14.4. The highest BCUT2D eigenvalue weighted by atomic mass is 32.1. The number of nitrogens with zero attached hydrogens (tertiary/aromatic N) is 2. The number of fused-ring (bicyclic) bond motifs is 2. The first-order valence-electron chi connectivity index (χ1n) is 5.77. The Hall–Kier alpha value is -2.01. The van der Waals surface area contributed by atoms with Gasteiger partial charge in [-0.3, -0.25) is 4.79 Å². The van der Waals surface area contributed by atoms with Gasteiger partial charge in [0.2, 0.25) is 5.43 Å². The molecule has 0 radical (unpaired) electrons. The van der Waals surface area contributed by atoms with Crippen LogP contribution in [0, 0.1) is 5.82 Å². The molecule has 0 unspecified atom stereocenters. The van der Waals surface area contributed by atoms with Crippen molar-refractivity contribution < 1.29 is 4.39 Å². The third kappa shape index (κ3) is 1.86. The molecule has 5 heteroatoms. The maximum Gasteiger partial charge on any atom is 0.206 e. The number of anilines is 1. The fraction of sp³-hybridized carbons (Fsp3) is 0.143. The fourth-order valence-electron chi connectivity index (χ4n) is 2.06. The molecule has 19 heavy (non-hydrogen) atoms. The monoisotopic (exact) mass is 274 g/mol. The molecule has 0 aromatic heterocycles. The van der Waals surface area contributed by atoms with Gasteiger partial charge in [-0.05, 0) is 12.1 Å². The molecule has 0 amide bonds. The van der Waals surface area contributed by atoms with Crippen LogP contribution in [0.3, 0.4) is 0 Å². The van der Waals surface area contributed by atoms with E-state index in [0.29, 0.717) is 4.88 Å². The lowest BCUT2D eigenvalue weighted by molar-refractivity contribution is 0.624. The molecule has 2 aliphatic rings. The average molecular weight is 274 g/mol. The van der Waals surface area contributed by atoms with Crippen molar-refractivity contribution in [3.05, 3.63) is 46.4 Å². The molecule has 1 heterocycles. The SMILES string of the molecule is CN(C)c1c(F)c2nc3ccccc3sc-2cc1=O. The number of rotatable bonds is 1. The molecule has 0 bridgehead atoms. The van der Waals surface area contributed by atoms with Gasteiger partial charge in [0, 0.05) is 20.2 Å². The first-order valence-corrected chi connectivity index (χ1v) is 6.59. The van der Waals surface area contributed by atoms with Crippen LogP contribution in [-0.4, -0.2) is 19.1 Å². The van der Waals surface area contributed by atoms with Crippen LogP contribution >= 0.6 is 11.3 Å². The predicted octanol–water partition coefficient (Wildman–Crippen LogP) is 2.97. The lowest BCUT2D eigenvalue weighted by atomic mass is 10.2. The largest absolute Gasteiger partial charge is 0.372 e. The number of hydrogen-bond acceptors (Lipinski definition) is 4. The second kappa shape index (κ2) is 4.28. The van der Waals surface area contributed by atoms with E-state index in [2.05, 4.69) is 4.98 Å². The molecule has 0 N–H and O–H groups in total. The molecule has 0 saturated carbocycles. The third-order valence-corrected chi connectivity index (χ3v) is 4.01. The highest BCUT2D eigenvalue weighted by molar-refractivity contribution is 7.21. The smallest absolute Gasteiger partial charge is 0.206 e. The van der Waals surface area contributed by atoms with Crippen molar-refractivity contribution in [3.63, 3.8) is 0 Å². The van der Waals surface area contributed by atoms with Gasteiger partial charge in [-0.1, -0.05) is 12.1 Å². The molecule has 0 fully saturated rings. The summed E-state index contributed by atoms with van der Waals surface area (Å²) in [6.45, 7) is 0. The van der Waals surface area contributed by atoms with Crippen LogP contribution in [0.2, 0.25) is 0 Å². The van der Waals surface area contributed by atoms with E-state index < -0.39 is 5.82 Å². The van der Waals surface area contributed by atoms with Gasteiger partial charge >= 0.3 is 0 Å². The van der Waals surface area contributed by atoms with E-state index in [0.717, 1.165) is 10.2 Å². The Kier molecular flexibility index (Phi) is 2.71. The van der Waals surface area contributed by atoms with Crippen molar-refractivity contribution in [3.8, 4) is 10.6 Å². The van der Waals surface area contributed by atoms with Gasteiger partial charge in [0.1, 0.15) is 11.4 Å². The number of para-hydroxylation sites is 1. The first kappa shape index (κ1) is 12.0. The van der Waals surface area contributed by atoms with Crippen molar-refractivity contribution in [2.75, 3.05) is 19.0 Å². The summed E-state index contributed by atoms with van der Waals surface area (Å²) >= 11 is 1.38. The van der Waals surface area contributed by atoms with Crippen LogP contribution in [0.15, 0.2) is 35.1 Å². The van der Waals surface area contributed by atoms with Gasteiger partial charge in [0.15, 0.2) is 5.82 Å². The molecule has 3 rings (SSSR count). The summed E-state index contributed by atoms with van der Waals surface area (Å²) in [4.78, 5) is 18.3. The molecule has 1 aliphatic heterocycles. The van der Waals surface area contributed by atoms with Crippen LogP contribution in [0.4, 0.5) is 10.1 Å². The third-order valence-electron chi connectivity index (χ3n) is 2.91. The Bertz CT molecular complexity index is 797. The van der Waals surface area contributed by atoms with Gasteiger partial charge in [-0.25, -0.2) is 9.37 Å². The van der Waals surface area contributed by atoms with E-state index in [1.807, 2.05) is 24.3 Å². The van der Waals surface area contributed by atoms with Gasteiger partial charge in [-0.2, -0.15) is 0 Å². The zero-order valence-electron chi connectivity index (χ0n) is 10.5. The molecule has 0 spiro atoms. The highest BCUT2D eigenvalue weighted by Gasteiger charge is 2.20. The van der Waals surface area contributed by atoms with E-state index in [1.54, 1.807) is 14.1 Å². The van der Waals surface area contributed by atoms with E-state index in [1.165, 1.54) is 22.3 Å². The van der Waals surface area contributed by atoms with Crippen LogP contribution in [0.25, 0.3) is 20.8 Å². The van der Waals surface area contributed by atoms with Crippen molar-refractivity contribution in [1.82, 2.24) is 4.98 Å². The van der Waals surface area contributed by atoms with Crippen LogP contribution in [0.1, 0.15) is 0 Å². The van der Waals surface area contributed by atoms with Gasteiger partial charge in [0.25, 0.3) is 0 Å².